The van der Waals surface area contributed by atoms with Crippen LogP contribution in [0.5, 0.6) is 5.75 Å². The van der Waals surface area contributed by atoms with E-state index in [1.807, 2.05) is 36.4 Å². The summed E-state index contributed by atoms with van der Waals surface area (Å²) in [4.78, 5) is 15.6. The second-order valence-electron chi connectivity index (χ2n) is 8.85. The van der Waals surface area contributed by atoms with Crippen LogP contribution in [0, 0.1) is 5.92 Å². The Balaban J connectivity index is 1.60. The van der Waals surface area contributed by atoms with Crippen LogP contribution in [-0.4, -0.2) is 34.5 Å². The lowest BCUT2D eigenvalue weighted by molar-refractivity contribution is 0.0951. The molecule has 0 atom stereocenters. The van der Waals surface area contributed by atoms with Gasteiger partial charge in [-0.25, -0.2) is 8.42 Å². The number of hydrogen-bond acceptors (Lipinski definition) is 5. The number of nitrogens with one attached hydrogen (secondary N) is 2. The second-order valence-corrected chi connectivity index (χ2v) is 10.5. The van der Waals surface area contributed by atoms with Crippen LogP contribution in [0.15, 0.2) is 77.7 Å². The Labute approximate surface area is 207 Å². The van der Waals surface area contributed by atoms with Crippen molar-refractivity contribution in [2.75, 3.05) is 29.8 Å². The standard InChI is InChI=1S/C27H31N3O4S/c1-20-14-16-30(17-15-20)26-13-8-22(29-35(32,33)24-11-9-23(34-2)10-12-24)18-25(26)27(31)28-19-21-6-4-3-5-7-21/h3-13,18,20,29H,14-17,19H2,1-2H3,(H,28,31). The molecule has 0 radical (unpaired) electrons. The first kappa shape index (κ1) is 24.6. The van der Waals surface area contributed by atoms with E-state index in [4.69, 9.17) is 4.74 Å². The van der Waals surface area contributed by atoms with Gasteiger partial charge in [-0.1, -0.05) is 37.3 Å². The molecule has 7 nitrogen and oxygen atoms in total. The Kier molecular flexibility index (Phi) is 7.60. The number of methoxy groups -OCH3 is 1. The summed E-state index contributed by atoms with van der Waals surface area (Å²) in [5, 5.41) is 2.98. The highest BCUT2D eigenvalue weighted by Gasteiger charge is 2.23. The van der Waals surface area contributed by atoms with Crippen molar-refractivity contribution in [1.82, 2.24) is 5.32 Å². The quantitative estimate of drug-likeness (QED) is 0.477. The molecule has 3 aromatic carbocycles. The lowest BCUT2D eigenvalue weighted by Gasteiger charge is -2.33. The van der Waals surface area contributed by atoms with Crippen molar-refractivity contribution in [3.05, 3.63) is 83.9 Å². The van der Waals surface area contributed by atoms with Crippen LogP contribution in [0.2, 0.25) is 0 Å². The molecule has 4 rings (SSSR count). The monoisotopic (exact) mass is 493 g/mol. The minimum Gasteiger partial charge on any atom is -0.497 e. The number of piperidine rings is 1. The summed E-state index contributed by atoms with van der Waals surface area (Å²) in [5.74, 6) is 0.978. The Morgan fingerprint density at radius 2 is 1.69 bits per heavy atom. The van der Waals surface area contributed by atoms with Gasteiger partial charge in [-0.2, -0.15) is 0 Å². The van der Waals surface area contributed by atoms with Gasteiger partial charge in [0.15, 0.2) is 0 Å². The molecule has 0 unspecified atom stereocenters. The third-order valence-corrected chi connectivity index (χ3v) is 7.68. The van der Waals surface area contributed by atoms with Crippen molar-refractivity contribution < 1.29 is 17.9 Å². The zero-order valence-corrected chi connectivity index (χ0v) is 20.8. The summed E-state index contributed by atoms with van der Waals surface area (Å²) in [6, 6.07) is 21.0. The lowest BCUT2D eigenvalue weighted by Crippen LogP contribution is -2.35. The van der Waals surface area contributed by atoms with Gasteiger partial charge in [0.25, 0.3) is 15.9 Å². The third-order valence-electron chi connectivity index (χ3n) is 6.28. The van der Waals surface area contributed by atoms with Crippen LogP contribution in [0.3, 0.4) is 0 Å². The normalized spacial score (nSPS) is 14.4. The zero-order valence-electron chi connectivity index (χ0n) is 20.0. The lowest BCUT2D eigenvalue weighted by atomic mass is 9.98. The molecule has 0 aliphatic carbocycles. The maximum atomic E-state index is 13.3. The van der Waals surface area contributed by atoms with E-state index in [1.54, 1.807) is 24.3 Å². The Bertz CT molecular complexity index is 1250. The topological polar surface area (TPSA) is 87.7 Å². The number of ether oxygens (including phenoxy) is 1. The molecule has 1 aliphatic rings. The van der Waals surface area contributed by atoms with Crippen molar-refractivity contribution in [2.45, 2.75) is 31.2 Å². The second kappa shape index (κ2) is 10.8. The van der Waals surface area contributed by atoms with Crippen LogP contribution in [0.25, 0.3) is 0 Å². The minimum absolute atomic E-state index is 0.113. The average Bonchev–Trinajstić information content (AvgIpc) is 2.88. The molecule has 184 valence electrons. The molecular formula is C27H31N3O4S. The Morgan fingerprint density at radius 3 is 2.34 bits per heavy atom. The molecule has 0 spiro atoms. The molecule has 3 aromatic rings. The highest BCUT2D eigenvalue weighted by atomic mass is 32.2. The van der Waals surface area contributed by atoms with Crippen molar-refractivity contribution in [2.24, 2.45) is 5.92 Å². The van der Waals surface area contributed by atoms with E-state index in [0.717, 1.165) is 37.2 Å². The SMILES string of the molecule is COc1ccc(S(=O)(=O)Nc2ccc(N3CCC(C)CC3)c(C(=O)NCc3ccccc3)c2)cc1. The van der Waals surface area contributed by atoms with Gasteiger partial charge in [0.2, 0.25) is 0 Å². The number of rotatable bonds is 8. The van der Waals surface area contributed by atoms with Gasteiger partial charge in [-0.3, -0.25) is 9.52 Å². The highest BCUT2D eigenvalue weighted by Crippen LogP contribution is 2.30. The van der Waals surface area contributed by atoms with Gasteiger partial charge in [0.1, 0.15) is 5.75 Å². The van der Waals surface area contributed by atoms with E-state index in [2.05, 4.69) is 21.9 Å². The molecule has 1 amide bonds. The van der Waals surface area contributed by atoms with E-state index in [1.165, 1.54) is 19.2 Å². The van der Waals surface area contributed by atoms with Crippen LogP contribution in [0.1, 0.15) is 35.7 Å². The van der Waals surface area contributed by atoms with Gasteiger partial charge in [-0.05, 0) is 66.8 Å². The molecular weight excluding hydrogens is 462 g/mol. The van der Waals surface area contributed by atoms with Crippen LogP contribution < -0.4 is 19.7 Å². The smallest absolute Gasteiger partial charge is 0.261 e. The number of amides is 1. The fourth-order valence-electron chi connectivity index (χ4n) is 4.15. The van der Waals surface area contributed by atoms with Gasteiger partial charge >= 0.3 is 0 Å². The summed E-state index contributed by atoms with van der Waals surface area (Å²) < 4.78 is 33.6. The molecule has 0 aromatic heterocycles. The Hall–Kier alpha value is -3.52. The molecule has 1 saturated heterocycles. The maximum absolute atomic E-state index is 13.3. The third kappa shape index (κ3) is 6.14. The Morgan fingerprint density at radius 1 is 1.00 bits per heavy atom. The number of benzene rings is 3. The number of anilines is 2. The summed E-state index contributed by atoms with van der Waals surface area (Å²) in [5.41, 5.74) is 2.59. The first-order chi connectivity index (χ1) is 16.9. The van der Waals surface area contributed by atoms with E-state index >= 15 is 0 Å². The number of hydrogen-bond donors (Lipinski definition) is 2. The predicted octanol–water partition coefficient (Wildman–Crippen LogP) is 4.66. The van der Waals surface area contributed by atoms with Gasteiger partial charge < -0.3 is 15.0 Å². The fourth-order valence-corrected chi connectivity index (χ4v) is 5.20. The average molecular weight is 494 g/mol. The highest BCUT2D eigenvalue weighted by molar-refractivity contribution is 7.92. The van der Waals surface area contributed by atoms with Crippen molar-refractivity contribution in [3.8, 4) is 5.75 Å². The first-order valence-corrected chi connectivity index (χ1v) is 13.2. The van der Waals surface area contributed by atoms with E-state index in [-0.39, 0.29) is 10.8 Å². The molecule has 2 N–H and O–H groups in total. The molecule has 35 heavy (non-hydrogen) atoms. The van der Waals surface area contributed by atoms with E-state index in [0.29, 0.717) is 29.5 Å². The van der Waals surface area contributed by atoms with Gasteiger partial charge in [-0.15, -0.1) is 0 Å². The molecule has 0 saturated carbocycles. The minimum atomic E-state index is -3.83. The summed E-state index contributed by atoms with van der Waals surface area (Å²) in [6.45, 7) is 4.34. The zero-order chi connectivity index (χ0) is 24.8. The predicted molar refractivity (Wildman–Crippen MR) is 138 cm³/mol. The summed E-state index contributed by atoms with van der Waals surface area (Å²) in [6.07, 6.45) is 2.11. The van der Waals surface area contributed by atoms with Crippen molar-refractivity contribution in [3.63, 3.8) is 0 Å². The van der Waals surface area contributed by atoms with Crippen molar-refractivity contribution >= 4 is 27.3 Å². The largest absolute Gasteiger partial charge is 0.497 e. The van der Waals surface area contributed by atoms with Crippen LogP contribution in [0.4, 0.5) is 11.4 Å². The maximum Gasteiger partial charge on any atom is 0.261 e. The molecule has 0 bridgehead atoms. The fraction of sp³-hybridized carbons (Fsp3) is 0.296. The van der Waals surface area contributed by atoms with Crippen LogP contribution >= 0.6 is 0 Å². The molecule has 1 aliphatic heterocycles. The molecule has 1 fully saturated rings. The first-order valence-electron chi connectivity index (χ1n) is 11.7. The summed E-state index contributed by atoms with van der Waals surface area (Å²) in [7, 11) is -2.31. The molecule has 1 heterocycles. The number of nitrogens with zero attached hydrogens (tertiary/aromatic N) is 1. The number of carbonyl (C=O) groups is 1. The number of sulfonamides is 1. The summed E-state index contributed by atoms with van der Waals surface area (Å²) >= 11 is 0. The number of carbonyl (C=O) groups excluding carboxylic acids is 1. The molecule has 8 heteroatoms. The van der Waals surface area contributed by atoms with Gasteiger partial charge in [0, 0.05) is 31.0 Å². The van der Waals surface area contributed by atoms with Crippen molar-refractivity contribution in [1.29, 1.82) is 0 Å². The van der Waals surface area contributed by atoms with E-state index in [9.17, 15) is 13.2 Å². The van der Waals surface area contributed by atoms with Gasteiger partial charge in [0.05, 0.1) is 17.6 Å². The van der Waals surface area contributed by atoms with Crippen LogP contribution in [-0.2, 0) is 16.6 Å². The van der Waals surface area contributed by atoms with E-state index < -0.39 is 10.0 Å².